The van der Waals surface area contributed by atoms with Crippen molar-refractivity contribution in [2.24, 2.45) is 5.92 Å². The number of carboxylic acid groups (broad SMARTS) is 1. The molecule has 106 valence electrons. The Morgan fingerprint density at radius 1 is 1.65 bits per heavy atom. The number of nitrogens with zero attached hydrogens (tertiary/aromatic N) is 3. The first-order chi connectivity index (χ1) is 9.47. The molecule has 0 fully saturated rings. The van der Waals surface area contributed by atoms with Crippen LogP contribution in [0, 0.1) is 23.0 Å². The van der Waals surface area contributed by atoms with Gasteiger partial charge in [-0.25, -0.2) is 4.79 Å². The van der Waals surface area contributed by atoms with Gasteiger partial charge in [-0.2, -0.15) is 5.10 Å². The standard InChI is InChI=1S/C13H15N3O4/c1-9-8-15(14-12(9)13(17)18)7-6-10-2-4-11(5-3-10)16(19)20/h2,4-5,8,10H,3,6-7H2,1H3,(H,17,18). The van der Waals surface area contributed by atoms with Crippen LogP contribution in [-0.4, -0.2) is 25.8 Å². The Morgan fingerprint density at radius 3 is 2.90 bits per heavy atom. The van der Waals surface area contributed by atoms with Crippen molar-refractivity contribution in [1.29, 1.82) is 0 Å². The third-order valence-corrected chi connectivity index (χ3v) is 3.26. The van der Waals surface area contributed by atoms with Crippen molar-refractivity contribution in [2.75, 3.05) is 0 Å². The summed E-state index contributed by atoms with van der Waals surface area (Å²) in [6, 6.07) is 0. The Hall–Kier alpha value is -2.44. The van der Waals surface area contributed by atoms with Crippen LogP contribution in [0.4, 0.5) is 0 Å². The zero-order valence-electron chi connectivity index (χ0n) is 11.0. The van der Waals surface area contributed by atoms with Crippen molar-refractivity contribution in [3.8, 4) is 0 Å². The molecule has 1 aliphatic rings. The van der Waals surface area contributed by atoms with Crippen LogP contribution in [0.15, 0.2) is 30.1 Å². The number of allylic oxidation sites excluding steroid dienone is 3. The van der Waals surface area contributed by atoms with Crippen LogP contribution in [0.2, 0.25) is 0 Å². The van der Waals surface area contributed by atoms with Gasteiger partial charge in [-0.1, -0.05) is 6.08 Å². The predicted molar refractivity (Wildman–Crippen MR) is 70.9 cm³/mol. The molecule has 1 aliphatic carbocycles. The molecule has 1 aromatic rings. The fourth-order valence-electron chi connectivity index (χ4n) is 2.15. The van der Waals surface area contributed by atoms with Gasteiger partial charge in [-0.05, 0) is 31.8 Å². The number of aryl methyl sites for hydroxylation is 2. The van der Waals surface area contributed by atoms with E-state index in [2.05, 4.69) is 5.10 Å². The Kier molecular flexibility index (Phi) is 3.97. The van der Waals surface area contributed by atoms with Gasteiger partial charge in [-0.3, -0.25) is 14.8 Å². The number of aromatic nitrogens is 2. The summed E-state index contributed by atoms with van der Waals surface area (Å²) in [5.41, 5.74) is 0.830. The molecule has 0 radical (unpaired) electrons. The minimum atomic E-state index is -1.03. The van der Waals surface area contributed by atoms with Gasteiger partial charge in [0.05, 0.1) is 4.92 Å². The first kappa shape index (κ1) is 14.0. The summed E-state index contributed by atoms with van der Waals surface area (Å²) in [7, 11) is 0. The molecule has 0 saturated heterocycles. The molecule has 1 unspecified atom stereocenters. The van der Waals surface area contributed by atoms with Crippen molar-refractivity contribution in [3.05, 3.63) is 51.5 Å². The van der Waals surface area contributed by atoms with E-state index in [1.54, 1.807) is 23.9 Å². The summed E-state index contributed by atoms with van der Waals surface area (Å²) in [6.07, 6.45) is 8.05. The molecular weight excluding hydrogens is 262 g/mol. The summed E-state index contributed by atoms with van der Waals surface area (Å²) >= 11 is 0. The summed E-state index contributed by atoms with van der Waals surface area (Å²) in [4.78, 5) is 21.0. The van der Waals surface area contributed by atoms with Crippen molar-refractivity contribution < 1.29 is 14.8 Å². The lowest BCUT2D eigenvalue weighted by Crippen LogP contribution is -2.09. The highest BCUT2D eigenvalue weighted by Gasteiger charge is 2.16. The highest BCUT2D eigenvalue weighted by atomic mass is 16.6. The van der Waals surface area contributed by atoms with E-state index in [1.807, 2.05) is 6.08 Å². The lowest BCUT2D eigenvalue weighted by molar-refractivity contribution is -0.419. The smallest absolute Gasteiger partial charge is 0.356 e. The van der Waals surface area contributed by atoms with E-state index in [4.69, 9.17) is 5.11 Å². The molecular formula is C13H15N3O4. The first-order valence-electron chi connectivity index (χ1n) is 6.27. The van der Waals surface area contributed by atoms with Crippen LogP contribution < -0.4 is 0 Å². The Balaban J connectivity index is 1.91. The average molecular weight is 277 g/mol. The largest absolute Gasteiger partial charge is 0.476 e. The minimum absolute atomic E-state index is 0.0692. The SMILES string of the molecule is Cc1cn(CCC2C=CC([N+](=O)[O-])=CC2)nc1C(=O)O. The van der Waals surface area contributed by atoms with Crippen LogP contribution in [0.1, 0.15) is 28.9 Å². The van der Waals surface area contributed by atoms with Crippen molar-refractivity contribution in [1.82, 2.24) is 9.78 Å². The van der Waals surface area contributed by atoms with Crippen molar-refractivity contribution in [3.63, 3.8) is 0 Å². The molecule has 0 bridgehead atoms. The molecule has 20 heavy (non-hydrogen) atoms. The molecule has 0 aromatic carbocycles. The number of nitro groups is 1. The van der Waals surface area contributed by atoms with E-state index >= 15 is 0 Å². The maximum atomic E-state index is 10.9. The van der Waals surface area contributed by atoms with Crippen LogP contribution in [0.25, 0.3) is 0 Å². The van der Waals surface area contributed by atoms with Crippen LogP contribution in [0.5, 0.6) is 0 Å². The maximum absolute atomic E-state index is 10.9. The molecule has 1 N–H and O–H groups in total. The van der Waals surface area contributed by atoms with Gasteiger partial charge in [-0.15, -0.1) is 0 Å². The number of hydrogen-bond acceptors (Lipinski definition) is 4. The number of aromatic carboxylic acids is 1. The highest BCUT2D eigenvalue weighted by molar-refractivity contribution is 5.86. The molecule has 0 aliphatic heterocycles. The van der Waals surface area contributed by atoms with Gasteiger partial charge >= 0.3 is 5.97 Å². The fraction of sp³-hybridized carbons (Fsp3) is 0.385. The van der Waals surface area contributed by atoms with Crippen LogP contribution >= 0.6 is 0 Å². The zero-order valence-corrected chi connectivity index (χ0v) is 11.0. The molecule has 7 heteroatoms. The van der Waals surface area contributed by atoms with Gasteiger partial charge in [0.2, 0.25) is 0 Å². The number of carboxylic acids is 1. The lowest BCUT2D eigenvalue weighted by Gasteiger charge is -2.12. The van der Waals surface area contributed by atoms with Gasteiger partial charge in [0.25, 0.3) is 5.70 Å². The Bertz CT molecular complexity index is 601. The lowest BCUT2D eigenvalue weighted by atomic mass is 9.96. The first-order valence-corrected chi connectivity index (χ1v) is 6.27. The quantitative estimate of drug-likeness (QED) is 0.655. The van der Waals surface area contributed by atoms with Crippen molar-refractivity contribution in [2.45, 2.75) is 26.3 Å². The van der Waals surface area contributed by atoms with Gasteiger partial charge < -0.3 is 5.11 Å². The van der Waals surface area contributed by atoms with Gasteiger partial charge in [0.1, 0.15) is 0 Å². The van der Waals surface area contributed by atoms with Crippen LogP contribution in [0.3, 0.4) is 0 Å². The van der Waals surface area contributed by atoms with E-state index in [0.717, 1.165) is 6.42 Å². The molecule has 0 amide bonds. The molecule has 7 nitrogen and oxygen atoms in total. The molecule has 1 atom stereocenters. The van der Waals surface area contributed by atoms with Crippen molar-refractivity contribution >= 4 is 5.97 Å². The summed E-state index contributed by atoms with van der Waals surface area (Å²) in [5, 5.41) is 23.5. The highest BCUT2D eigenvalue weighted by Crippen LogP contribution is 2.20. The molecule has 1 heterocycles. The Morgan fingerprint density at radius 2 is 2.40 bits per heavy atom. The average Bonchev–Trinajstić information content (AvgIpc) is 2.78. The fourth-order valence-corrected chi connectivity index (χ4v) is 2.15. The second-order valence-corrected chi connectivity index (χ2v) is 4.76. The summed E-state index contributed by atoms with van der Waals surface area (Å²) < 4.78 is 1.61. The predicted octanol–water partition coefficient (Wildman–Crippen LogP) is 2.02. The summed E-state index contributed by atoms with van der Waals surface area (Å²) in [6.45, 7) is 2.30. The second-order valence-electron chi connectivity index (χ2n) is 4.76. The monoisotopic (exact) mass is 277 g/mol. The van der Waals surface area contributed by atoms with Crippen LogP contribution in [-0.2, 0) is 6.54 Å². The van der Waals surface area contributed by atoms with E-state index < -0.39 is 10.9 Å². The molecule has 0 spiro atoms. The molecule has 0 saturated carbocycles. The second kappa shape index (κ2) is 5.68. The van der Waals surface area contributed by atoms with Gasteiger partial charge in [0.15, 0.2) is 5.69 Å². The number of carbonyl (C=O) groups is 1. The topological polar surface area (TPSA) is 98.3 Å². The number of rotatable bonds is 5. The third kappa shape index (κ3) is 3.11. The van der Waals surface area contributed by atoms with E-state index in [1.165, 1.54) is 6.08 Å². The molecule has 1 aromatic heterocycles. The normalized spacial score (nSPS) is 17.9. The van der Waals surface area contributed by atoms with E-state index in [0.29, 0.717) is 18.5 Å². The number of hydrogen-bond donors (Lipinski definition) is 1. The summed E-state index contributed by atoms with van der Waals surface area (Å²) in [5.74, 6) is -0.811. The van der Waals surface area contributed by atoms with E-state index in [-0.39, 0.29) is 17.3 Å². The van der Waals surface area contributed by atoms with Gasteiger partial charge in [0, 0.05) is 24.4 Å². The minimum Gasteiger partial charge on any atom is -0.476 e. The zero-order chi connectivity index (χ0) is 14.7. The molecule has 2 rings (SSSR count). The maximum Gasteiger partial charge on any atom is 0.356 e. The van der Waals surface area contributed by atoms with E-state index in [9.17, 15) is 14.9 Å². The third-order valence-electron chi connectivity index (χ3n) is 3.26. The Labute approximate surface area is 115 Å².